The summed E-state index contributed by atoms with van der Waals surface area (Å²) in [6, 6.07) is 0. The number of amides is 1. The number of carbonyl (C=O) groups excluding carboxylic acids is 2. The highest BCUT2D eigenvalue weighted by Gasteiger charge is 2.57. The molecular weight excluding hydrogens is 320 g/mol. The molecule has 0 bridgehead atoms. The summed E-state index contributed by atoms with van der Waals surface area (Å²) in [7, 11) is 0. The summed E-state index contributed by atoms with van der Waals surface area (Å²) in [5.41, 5.74) is 0.446. The highest BCUT2D eigenvalue weighted by atomic mass is 32.2. The number of likely N-dealkylation sites (tertiary alicyclic amines) is 1. The minimum absolute atomic E-state index is 0.123. The number of thioether (sulfide) groups is 1. The van der Waals surface area contributed by atoms with Gasteiger partial charge in [-0.1, -0.05) is 19.6 Å². The summed E-state index contributed by atoms with van der Waals surface area (Å²) in [5.74, 6) is -0.526. The monoisotopic (exact) mass is 342 g/mol. The van der Waals surface area contributed by atoms with Gasteiger partial charge < -0.3 is 10.0 Å². The Kier molecular flexibility index (Phi) is 4.87. The van der Waals surface area contributed by atoms with Crippen LogP contribution in [0.5, 0.6) is 0 Å². The van der Waals surface area contributed by atoms with E-state index in [9.17, 15) is 14.7 Å². The van der Waals surface area contributed by atoms with Gasteiger partial charge in [0.25, 0.3) is 0 Å². The van der Waals surface area contributed by atoms with Crippen molar-refractivity contribution in [1.82, 2.24) is 9.80 Å². The van der Waals surface area contributed by atoms with Crippen molar-refractivity contribution in [2.45, 2.75) is 44.1 Å². The molecule has 3 atom stereocenters. The van der Waals surface area contributed by atoms with E-state index in [1.165, 1.54) is 12.8 Å². The van der Waals surface area contributed by atoms with Crippen molar-refractivity contribution in [3.8, 4) is 0 Å². The largest absolute Gasteiger partial charge is 0.392 e. The molecule has 1 N–H and O–H groups in total. The number of rotatable bonds is 6. The summed E-state index contributed by atoms with van der Waals surface area (Å²) < 4.78 is 0. The van der Waals surface area contributed by atoms with Crippen molar-refractivity contribution in [3.63, 3.8) is 0 Å². The number of β-lactam (4-membered cyclic amide) rings is 1. The van der Waals surface area contributed by atoms with Crippen LogP contribution >= 0.6 is 24.4 Å². The summed E-state index contributed by atoms with van der Waals surface area (Å²) in [6.45, 7) is 5.02. The van der Waals surface area contributed by atoms with Gasteiger partial charge in [-0.15, -0.1) is 11.8 Å². The van der Waals surface area contributed by atoms with E-state index >= 15 is 0 Å². The molecular formula is C15H22N2O3S2. The van der Waals surface area contributed by atoms with Crippen LogP contribution in [0.25, 0.3) is 0 Å². The molecule has 0 radical (unpaired) electrons. The molecule has 3 heterocycles. The number of aliphatic hydroxyl groups excluding tert-OH is 1. The van der Waals surface area contributed by atoms with Gasteiger partial charge in [0.2, 0.25) is 11.0 Å². The van der Waals surface area contributed by atoms with Crippen molar-refractivity contribution in [2.24, 2.45) is 5.92 Å². The predicted molar refractivity (Wildman–Crippen MR) is 89.3 cm³/mol. The van der Waals surface area contributed by atoms with E-state index in [2.05, 4.69) is 17.5 Å². The van der Waals surface area contributed by atoms with Crippen LogP contribution in [0.4, 0.5) is 0 Å². The molecule has 5 nitrogen and oxygen atoms in total. The average Bonchev–Trinajstić information content (AvgIpc) is 3.10. The Morgan fingerprint density at radius 3 is 2.73 bits per heavy atom. The second-order valence-electron chi connectivity index (χ2n) is 6.09. The van der Waals surface area contributed by atoms with E-state index in [0.717, 1.165) is 31.0 Å². The summed E-state index contributed by atoms with van der Waals surface area (Å²) >= 11 is 5.52. The Balaban J connectivity index is 1.72. The lowest BCUT2D eigenvalue weighted by atomic mass is 9.90. The molecule has 3 aliphatic heterocycles. The third-order valence-electron chi connectivity index (χ3n) is 4.74. The summed E-state index contributed by atoms with van der Waals surface area (Å²) in [4.78, 5) is 29.0. The molecule has 7 heteroatoms. The summed E-state index contributed by atoms with van der Waals surface area (Å²) in [6.07, 6.45) is 3.18. The van der Waals surface area contributed by atoms with Crippen LogP contribution in [0, 0.1) is 5.92 Å². The first-order valence-corrected chi connectivity index (χ1v) is 9.24. The molecule has 2 saturated heterocycles. The van der Waals surface area contributed by atoms with Gasteiger partial charge in [-0.25, -0.2) is 0 Å². The zero-order chi connectivity index (χ0) is 15.9. The Hall–Kier alpha value is -0.500. The quantitative estimate of drug-likeness (QED) is 0.565. The van der Waals surface area contributed by atoms with E-state index in [-0.39, 0.29) is 22.3 Å². The first kappa shape index (κ1) is 16.4. The first-order chi connectivity index (χ1) is 10.5. The van der Waals surface area contributed by atoms with Crippen molar-refractivity contribution < 1.29 is 14.7 Å². The smallest absolute Gasteiger partial charge is 0.236 e. The van der Waals surface area contributed by atoms with Crippen LogP contribution in [0.2, 0.25) is 0 Å². The fraction of sp³-hybridized carbons (Fsp3) is 0.733. The SMILES string of the molecule is CC[C@H](O)[C@@H]1C(=O)N2C(C(=O)S)=C(CCN3CCCC3)S[C@H]12. The molecule has 122 valence electrons. The van der Waals surface area contributed by atoms with Crippen LogP contribution in [0.1, 0.15) is 32.6 Å². The molecule has 3 aliphatic rings. The summed E-state index contributed by atoms with van der Waals surface area (Å²) in [5, 5.41) is 9.55. The predicted octanol–water partition coefficient (Wildman–Crippen LogP) is 1.44. The number of fused-ring (bicyclic) bond motifs is 1. The molecule has 1 amide bonds. The van der Waals surface area contributed by atoms with E-state index in [1.807, 2.05) is 6.92 Å². The van der Waals surface area contributed by atoms with Crippen molar-refractivity contribution in [1.29, 1.82) is 0 Å². The first-order valence-electron chi connectivity index (χ1n) is 7.91. The molecule has 0 aromatic rings. The molecule has 2 fully saturated rings. The topological polar surface area (TPSA) is 60.9 Å². The Bertz CT molecular complexity index is 517. The zero-order valence-corrected chi connectivity index (χ0v) is 14.4. The minimum Gasteiger partial charge on any atom is -0.392 e. The Morgan fingerprint density at radius 2 is 2.14 bits per heavy atom. The molecule has 3 rings (SSSR count). The van der Waals surface area contributed by atoms with Crippen LogP contribution < -0.4 is 0 Å². The average molecular weight is 342 g/mol. The lowest BCUT2D eigenvalue weighted by Gasteiger charge is -2.44. The van der Waals surface area contributed by atoms with Crippen molar-refractivity contribution >= 4 is 35.4 Å². The second kappa shape index (κ2) is 6.55. The second-order valence-corrected chi connectivity index (χ2v) is 7.71. The highest BCUT2D eigenvalue weighted by molar-refractivity contribution is 8.04. The van der Waals surface area contributed by atoms with Gasteiger partial charge in [0.15, 0.2) is 0 Å². The standard InChI is InChI=1S/C15H22N2O3S2/c1-2-9(18)11-13(19)17-12(15(20)21)10(22-14(11)17)5-8-16-6-3-4-7-16/h9,11,14,18H,2-8H2,1H3,(H,20,21)/t9-,11+,14+/m0/s1. The van der Waals surface area contributed by atoms with Crippen molar-refractivity contribution in [2.75, 3.05) is 19.6 Å². The lowest BCUT2D eigenvalue weighted by molar-refractivity contribution is -0.154. The van der Waals surface area contributed by atoms with Crippen molar-refractivity contribution in [3.05, 3.63) is 10.6 Å². The van der Waals surface area contributed by atoms with Gasteiger partial charge in [-0.3, -0.25) is 14.5 Å². The minimum atomic E-state index is -0.629. The van der Waals surface area contributed by atoms with Crippen LogP contribution in [-0.4, -0.2) is 57.0 Å². The number of aliphatic hydroxyl groups is 1. The normalized spacial score (nSPS) is 29.8. The maximum atomic E-state index is 12.3. The molecule has 0 unspecified atom stereocenters. The van der Waals surface area contributed by atoms with Gasteiger partial charge in [-0.2, -0.15) is 0 Å². The maximum absolute atomic E-state index is 12.3. The van der Waals surface area contributed by atoms with Gasteiger partial charge in [0.05, 0.1) is 12.0 Å². The van der Waals surface area contributed by atoms with Crippen LogP contribution in [0.3, 0.4) is 0 Å². The molecule has 0 aromatic heterocycles. The molecule has 0 saturated carbocycles. The highest BCUT2D eigenvalue weighted by Crippen LogP contribution is 2.52. The van der Waals surface area contributed by atoms with E-state index in [1.54, 1.807) is 16.7 Å². The Labute approximate surface area is 140 Å². The van der Waals surface area contributed by atoms with E-state index in [4.69, 9.17) is 0 Å². The van der Waals surface area contributed by atoms with Gasteiger partial charge in [0, 0.05) is 11.4 Å². The number of carbonyl (C=O) groups is 2. The number of nitrogens with zero attached hydrogens (tertiary/aromatic N) is 2. The molecule has 0 aromatic carbocycles. The lowest BCUT2D eigenvalue weighted by Crippen LogP contribution is -2.61. The fourth-order valence-electron chi connectivity index (χ4n) is 3.46. The maximum Gasteiger partial charge on any atom is 0.236 e. The molecule has 0 spiro atoms. The van der Waals surface area contributed by atoms with Crippen LogP contribution in [0.15, 0.2) is 10.6 Å². The van der Waals surface area contributed by atoms with E-state index < -0.39 is 6.10 Å². The number of hydrogen-bond acceptors (Lipinski definition) is 5. The van der Waals surface area contributed by atoms with Gasteiger partial charge in [0.1, 0.15) is 11.1 Å². The van der Waals surface area contributed by atoms with E-state index in [0.29, 0.717) is 12.1 Å². The Morgan fingerprint density at radius 1 is 1.45 bits per heavy atom. The third-order valence-corrected chi connectivity index (χ3v) is 6.38. The number of hydrogen-bond donors (Lipinski definition) is 2. The number of thiol groups is 1. The van der Waals surface area contributed by atoms with Gasteiger partial charge >= 0.3 is 0 Å². The van der Waals surface area contributed by atoms with Gasteiger partial charge in [-0.05, 0) is 38.8 Å². The van der Waals surface area contributed by atoms with Crippen LogP contribution in [-0.2, 0) is 9.59 Å². The zero-order valence-electron chi connectivity index (χ0n) is 12.7. The molecule has 0 aliphatic carbocycles. The fourth-order valence-corrected chi connectivity index (χ4v) is 5.34. The third kappa shape index (κ3) is 2.72. The molecule has 22 heavy (non-hydrogen) atoms.